The van der Waals surface area contributed by atoms with Crippen LogP contribution in [0.5, 0.6) is 5.88 Å². The highest BCUT2D eigenvalue weighted by molar-refractivity contribution is 6.74. The summed E-state index contributed by atoms with van der Waals surface area (Å²) in [5, 5.41) is 0.197. The van der Waals surface area contributed by atoms with Gasteiger partial charge >= 0.3 is 0 Å². The van der Waals surface area contributed by atoms with E-state index >= 15 is 0 Å². The second-order valence-electron chi connectivity index (χ2n) is 9.64. The smallest absolute Gasteiger partial charge is 0.245 e. The molecule has 8 heteroatoms. The molecule has 1 saturated heterocycles. The summed E-state index contributed by atoms with van der Waals surface area (Å²) in [5.74, 6) is 0.497. The van der Waals surface area contributed by atoms with Crippen molar-refractivity contribution in [2.45, 2.75) is 88.9 Å². The van der Waals surface area contributed by atoms with Gasteiger partial charge in [0.2, 0.25) is 5.88 Å². The monoisotopic (exact) mass is 404 g/mol. The van der Waals surface area contributed by atoms with Crippen LogP contribution < -0.4 is 4.74 Å². The Labute approximate surface area is 167 Å². The fraction of sp³-hybridized carbons (Fsp3) is 0.750. The number of methoxy groups -OCH3 is 1. The predicted octanol–water partition coefficient (Wildman–Crippen LogP) is 4.46. The average Bonchev–Trinajstić information content (AvgIpc) is 3.33. The quantitative estimate of drug-likeness (QED) is 0.701. The normalized spacial score (nSPS) is 28.5. The highest BCUT2D eigenvalue weighted by Gasteiger charge is 2.53. The Hall–Kier alpha value is -1.51. The van der Waals surface area contributed by atoms with Crippen molar-refractivity contribution >= 4 is 19.5 Å². The van der Waals surface area contributed by atoms with E-state index in [0.717, 1.165) is 37.8 Å². The van der Waals surface area contributed by atoms with Gasteiger partial charge in [0.15, 0.2) is 19.5 Å². The van der Waals surface area contributed by atoms with Gasteiger partial charge in [-0.25, -0.2) is 9.97 Å². The van der Waals surface area contributed by atoms with Crippen LogP contribution >= 0.6 is 0 Å². The van der Waals surface area contributed by atoms with Crippen LogP contribution in [0.4, 0.5) is 0 Å². The molecule has 0 amide bonds. The summed E-state index contributed by atoms with van der Waals surface area (Å²) >= 11 is 0. The van der Waals surface area contributed by atoms with Gasteiger partial charge in [0.05, 0.1) is 25.1 Å². The number of fused-ring (bicyclic) bond motifs is 1. The van der Waals surface area contributed by atoms with Crippen LogP contribution in [-0.4, -0.2) is 46.7 Å². The molecule has 7 nitrogen and oxygen atoms in total. The van der Waals surface area contributed by atoms with Gasteiger partial charge in [0, 0.05) is 0 Å². The Kier molecular flexibility index (Phi) is 4.79. The lowest BCUT2D eigenvalue weighted by Crippen LogP contribution is -2.50. The number of nitrogens with zero attached hydrogens (tertiary/aromatic N) is 4. The summed E-state index contributed by atoms with van der Waals surface area (Å²) in [6, 6.07) is 0. The minimum absolute atomic E-state index is 0.0757. The average molecular weight is 405 g/mol. The number of imidazole rings is 1. The molecule has 4 rings (SSSR count). The Morgan fingerprint density at radius 1 is 1.18 bits per heavy atom. The summed E-state index contributed by atoms with van der Waals surface area (Å²) in [5.41, 5.74) is 1.25. The third-order valence-electron chi connectivity index (χ3n) is 6.91. The highest BCUT2D eigenvalue weighted by Crippen LogP contribution is 2.50. The van der Waals surface area contributed by atoms with Crippen LogP contribution in [0, 0.1) is 0 Å². The van der Waals surface area contributed by atoms with E-state index in [1.54, 1.807) is 13.4 Å². The minimum atomic E-state index is -1.84. The topological polar surface area (TPSA) is 71.3 Å². The minimum Gasteiger partial charge on any atom is -0.479 e. The molecule has 0 radical (unpaired) electrons. The van der Waals surface area contributed by atoms with Gasteiger partial charge < -0.3 is 13.9 Å². The Morgan fingerprint density at radius 2 is 1.96 bits per heavy atom. The lowest BCUT2D eigenvalue weighted by molar-refractivity contribution is -0.115. The van der Waals surface area contributed by atoms with Crippen molar-refractivity contribution in [3.05, 3.63) is 12.7 Å². The first kappa shape index (κ1) is 19.8. The molecule has 2 aromatic rings. The van der Waals surface area contributed by atoms with E-state index in [-0.39, 0.29) is 23.0 Å². The highest BCUT2D eigenvalue weighted by atomic mass is 28.4. The SMILES string of the molecule is COc1ncnc2c1ncn2[C@@H]1CC[C@]2(CCC[C@H]2O[Si](C)(C)C(C)(C)C)O1. The van der Waals surface area contributed by atoms with Gasteiger partial charge in [-0.3, -0.25) is 4.57 Å². The lowest BCUT2D eigenvalue weighted by Gasteiger charge is -2.42. The zero-order valence-electron chi connectivity index (χ0n) is 17.9. The van der Waals surface area contributed by atoms with Crippen molar-refractivity contribution in [1.29, 1.82) is 0 Å². The third kappa shape index (κ3) is 3.15. The number of rotatable bonds is 4. The molecule has 0 unspecified atom stereocenters. The van der Waals surface area contributed by atoms with Crippen LogP contribution in [0.15, 0.2) is 12.7 Å². The number of hydrogen-bond donors (Lipinski definition) is 0. The molecule has 1 aliphatic heterocycles. The summed E-state index contributed by atoms with van der Waals surface area (Å²) in [7, 11) is -0.244. The Bertz CT molecular complexity index is 863. The first-order valence-corrected chi connectivity index (χ1v) is 13.1. The van der Waals surface area contributed by atoms with Crippen LogP contribution in [0.3, 0.4) is 0 Å². The molecule has 0 bridgehead atoms. The van der Waals surface area contributed by atoms with Gasteiger partial charge in [-0.1, -0.05) is 20.8 Å². The molecular formula is C20H32N4O3Si. The Morgan fingerprint density at radius 3 is 2.68 bits per heavy atom. The lowest BCUT2D eigenvalue weighted by atomic mass is 9.96. The van der Waals surface area contributed by atoms with Crippen molar-refractivity contribution in [2.75, 3.05) is 7.11 Å². The summed E-state index contributed by atoms with van der Waals surface area (Å²) in [6.45, 7) is 11.5. The molecule has 28 heavy (non-hydrogen) atoms. The van der Waals surface area contributed by atoms with Crippen LogP contribution in [0.1, 0.15) is 59.1 Å². The first-order valence-electron chi connectivity index (χ1n) is 10.2. The van der Waals surface area contributed by atoms with Gasteiger partial charge in [-0.15, -0.1) is 0 Å². The van der Waals surface area contributed by atoms with Crippen LogP contribution in [0.25, 0.3) is 11.2 Å². The van der Waals surface area contributed by atoms with E-state index in [9.17, 15) is 0 Å². The molecule has 1 saturated carbocycles. The van der Waals surface area contributed by atoms with Gasteiger partial charge in [-0.05, 0) is 50.2 Å². The molecular weight excluding hydrogens is 372 g/mol. The van der Waals surface area contributed by atoms with Gasteiger partial charge in [-0.2, -0.15) is 4.98 Å². The van der Waals surface area contributed by atoms with E-state index in [0.29, 0.717) is 11.4 Å². The van der Waals surface area contributed by atoms with Crippen molar-refractivity contribution in [3.63, 3.8) is 0 Å². The molecule has 0 N–H and O–H groups in total. The zero-order chi connectivity index (χ0) is 20.2. The molecule has 3 atom stereocenters. The molecule has 2 aromatic heterocycles. The third-order valence-corrected chi connectivity index (χ3v) is 11.4. The maximum absolute atomic E-state index is 6.83. The maximum atomic E-state index is 6.83. The fourth-order valence-electron chi connectivity index (χ4n) is 4.27. The van der Waals surface area contributed by atoms with E-state index in [4.69, 9.17) is 13.9 Å². The molecule has 2 aliphatic rings. The second kappa shape index (κ2) is 6.78. The standard InChI is InChI=1S/C20H32N4O3Si/c1-19(2,3)28(5,6)27-14-8-7-10-20(14)11-9-15(26-20)24-13-23-16-17(24)21-12-22-18(16)25-4/h12-15H,7-11H2,1-6H3/t14-,15+,20+/m1/s1. The molecule has 0 aromatic carbocycles. The largest absolute Gasteiger partial charge is 0.479 e. The van der Waals surface area contributed by atoms with Crippen LogP contribution in [-0.2, 0) is 9.16 Å². The van der Waals surface area contributed by atoms with Crippen molar-refractivity contribution in [1.82, 2.24) is 19.5 Å². The van der Waals surface area contributed by atoms with Crippen molar-refractivity contribution in [2.24, 2.45) is 0 Å². The number of aromatic nitrogens is 4. The number of hydrogen-bond acceptors (Lipinski definition) is 6. The molecule has 154 valence electrons. The fourth-order valence-corrected chi connectivity index (χ4v) is 5.67. The maximum Gasteiger partial charge on any atom is 0.245 e. The van der Waals surface area contributed by atoms with Gasteiger partial charge in [0.1, 0.15) is 12.6 Å². The summed E-state index contributed by atoms with van der Waals surface area (Å²) < 4.78 is 20.9. The zero-order valence-corrected chi connectivity index (χ0v) is 18.9. The number of ether oxygens (including phenoxy) is 2. The summed E-state index contributed by atoms with van der Waals surface area (Å²) in [4.78, 5) is 13.0. The van der Waals surface area contributed by atoms with Crippen LogP contribution in [0.2, 0.25) is 18.1 Å². The van der Waals surface area contributed by atoms with Crippen molar-refractivity contribution < 1.29 is 13.9 Å². The van der Waals surface area contributed by atoms with E-state index in [1.807, 2.05) is 4.57 Å². The Balaban J connectivity index is 1.58. The molecule has 1 aliphatic carbocycles. The molecule has 3 heterocycles. The predicted molar refractivity (Wildman–Crippen MR) is 110 cm³/mol. The first-order chi connectivity index (χ1) is 13.2. The van der Waals surface area contributed by atoms with E-state index in [1.165, 1.54) is 6.33 Å². The van der Waals surface area contributed by atoms with E-state index < -0.39 is 8.32 Å². The van der Waals surface area contributed by atoms with Gasteiger partial charge in [0.25, 0.3) is 0 Å². The summed E-state index contributed by atoms with van der Waals surface area (Å²) in [6.07, 6.45) is 8.67. The van der Waals surface area contributed by atoms with E-state index in [2.05, 4.69) is 48.8 Å². The molecule has 2 fully saturated rings. The second-order valence-corrected chi connectivity index (χ2v) is 14.4. The molecule has 1 spiro atoms. The van der Waals surface area contributed by atoms with Crippen molar-refractivity contribution in [3.8, 4) is 5.88 Å².